The zero-order chi connectivity index (χ0) is 10.9. The molecule has 0 spiro atoms. The highest BCUT2D eigenvalue weighted by atomic mass is 15.3. The molecular weight excluding hydrogens is 186 g/mol. The van der Waals surface area contributed by atoms with Crippen molar-refractivity contribution in [1.82, 2.24) is 14.8 Å². The van der Waals surface area contributed by atoms with Gasteiger partial charge in [-0.3, -0.25) is 0 Å². The number of aromatic nitrogens is 3. The maximum atomic E-state index is 4.51. The Morgan fingerprint density at radius 1 is 1.13 bits per heavy atom. The highest BCUT2D eigenvalue weighted by Gasteiger charge is 2.16. The summed E-state index contributed by atoms with van der Waals surface area (Å²) in [4.78, 5) is 4.24. The summed E-state index contributed by atoms with van der Waals surface area (Å²) in [5, 5.41) is 4.51. The Kier molecular flexibility index (Phi) is 2.31. The van der Waals surface area contributed by atoms with Gasteiger partial charge in [0.05, 0.1) is 5.69 Å². The van der Waals surface area contributed by atoms with Crippen molar-refractivity contribution in [2.45, 2.75) is 26.2 Å². The SMILES string of the molecule is CC(C)(C)c1ccn(-c2ccccn2)n1. The van der Waals surface area contributed by atoms with E-state index in [0.717, 1.165) is 11.5 Å². The van der Waals surface area contributed by atoms with Gasteiger partial charge in [0.15, 0.2) is 5.82 Å². The molecule has 0 N–H and O–H groups in total. The van der Waals surface area contributed by atoms with Crippen LogP contribution in [0.4, 0.5) is 0 Å². The second kappa shape index (κ2) is 3.50. The largest absolute Gasteiger partial charge is 0.237 e. The van der Waals surface area contributed by atoms with Crippen LogP contribution in [0.15, 0.2) is 36.7 Å². The molecule has 0 unspecified atom stereocenters. The molecule has 0 bridgehead atoms. The van der Waals surface area contributed by atoms with Crippen LogP contribution in [0.5, 0.6) is 0 Å². The molecule has 3 heteroatoms. The Bertz CT molecular complexity index is 437. The maximum Gasteiger partial charge on any atom is 0.153 e. The highest BCUT2D eigenvalue weighted by molar-refractivity contribution is 5.22. The van der Waals surface area contributed by atoms with Gasteiger partial charge < -0.3 is 0 Å². The Labute approximate surface area is 89.8 Å². The first-order chi connectivity index (χ1) is 7.07. The second-order valence-corrected chi connectivity index (χ2v) is 4.58. The van der Waals surface area contributed by atoms with Crippen LogP contribution in [-0.2, 0) is 5.41 Å². The van der Waals surface area contributed by atoms with Gasteiger partial charge in [-0.2, -0.15) is 5.10 Å². The number of pyridine rings is 1. The number of hydrogen-bond donors (Lipinski definition) is 0. The summed E-state index contributed by atoms with van der Waals surface area (Å²) in [5.41, 5.74) is 1.16. The molecule has 0 saturated heterocycles. The van der Waals surface area contributed by atoms with Crippen LogP contribution < -0.4 is 0 Å². The maximum absolute atomic E-state index is 4.51. The van der Waals surface area contributed by atoms with Gasteiger partial charge in [-0.15, -0.1) is 0 Å². The van der Waals surface area contributed by atoms with Crippen molar-refractivity contribution in [2.24, 2.45) is 0 Å². The first kappa shape index (κ1) is 9.90. The quantitative estimate of drug-likeness (QED) is 0.710. The van der Waals surface area contributed by atoms with Gasteiger partial charge in [-0.1, -0.05) is 26.8 Å². The molecule has 0 aliphatic heterocycles. The first-order valence-corrected chi connectivity index (χ1v) is 5.05. The van der Waals surface area contributed by atoms with Gasteiger partial charge in [0.25, 0.3) is 0 Å². The van der Waals surface area contributed by atoms with Crippen LogP contribution >= 0.6 is 0 Å². The minimum Gasteiger partial charge on any atom is -0.237 e. The van der Waals surface area contributed by atoms with Gasteiger partial charge in [0, 0.05) is 17.8 Å². The number of rotatable bonds is 1. The zero-order valence-electron chi connectivity index (χ0n) is 9.31. The van der Waals surface area contributed by atoms with Crippen LogP contribution in [0, 0.1) is 0 Å². The Balaban J connectivity index is 2.37. The molecule has 0 aliphatic rings. The predicted molar refractivity (Wildman–Crippen MR) is 60.1 cm³/mol. The molecule has 15 heavy (non-hydrogen) atoms. The molecular formula is C12H15N3. The van der Waals surface area contributed by atoms with E-state index in [1.807, 2.05) is 30.5 Å². The molecule has 0 atom stereocenters. The summed E-state index contributed by atoms with van der Waals surface area (Å²) in [5.74, 6) is 0.855. The van der Waals surface area contributed by atoms with Gasteiger partial charge in [0.2, 0.25) is 0 Å². The average molecular weight is 201 g/mol. The summed E-state index contributed by atoms with van der Waals surface area (Å²) in [6.07, 6.45) is 3.72. The predicted octanol–water partition coefficient (Wildman–Crippen LogP) is 2.56. The van der Waals surface area contributed by atoms with Gasteiger partial charge in [-0.05, 0) is 18.2 Å². The van der Waals surface area contributed by atoms with E-state index >= 15 is 0 Å². The van der Waals surface area contributed by atoms with E-state index in [9.17, 15) is 0 Å². The number of nitrogens with zero attached hydrogens (tertiary/aromatic N) is 3. The van der Waals surface area contributed by atoms with Gasteiger partial charge >= 0.3 is 0 Å². The standard InChI is InChI=1S/C12H15N3/c1-12(2,3)10-7-9-15(14-10)11-6-4-5-8-13-11/h4-9H,1-3H3. The zero-order valence-corrected chi connectivity index (χ0v) is 9.31. The molecule has 2 aromatic heterocycles. The molecule has 2 heterocycles. The second-order valence-electron chi connectivity index (χ2n) is 4.58. The summed E-state index contributed by atoms with van der Waals surface area (Å²) < 4.78 is 1.81. The van der Waals surface area contributed by atoms with Gasteiger partial charge in [0.1, 0.15) is 0 Å². The number of hydrogen-bond acceptors (Lipinski definition) is 2. The summed E-state index contributed by atoms with van der Waals surface area (Å²) in [6.45, 7) is 6.45. The lowest BCUT2D eigenvalue weighted by molar-refractivity contribution is 0.559. The highest BCUT2D eigenvalue weighted by Crippen LogP contribution is 2.20. The fraction of sp³-hybridized carbons (Fsp3) is 0.333. The Morgan fingerprint density at radius 2 is 1.93 bits per heavy atom. The fourth-order valence-electron chi connectivity index (χ4n) is 1.34. The normalized spacial score (nSPS) is 11.7. The van der Waals surface area contributed by atoms with Gasteiger partial charge in [-0.25, -0.2) is 9.67 Å². The lowest BCUT2D eigenvalue weighted by Gasteiger charge is -2.14. The fourth-order valence-corrected chi connectivity index (χ4v) is 1.34. The van der Waals surface area contributed by atoms with E-state index in [-0.39, 0.29) is 5.41 Å². The Morgan fingerprint density at radius 3 is 2.47 bits per heavy atom. The van der Waals surface area contributed by atoms with Crippen molar-refractivity contribution >= 4 is 0 Å². The van der Waals surface area contributed by atoms with Crippen molar-refractivity contribution in [1.29, 1.82) is 0 Å². The van der Waals surface area contributed by atoms with Crippen LogP contribution in [-0.4, -0.2) is 14.8 Å². The summed E-state index contributed by atoms with van der Waals surface area (Å²) in [6, 6.07) is 7.84. The Hall–Kier alpha value is -1.64. The van der Waals surface area contributed by atoms with Crippen molar-refractivity contribution in [3.63, 3.8) is 0 Å². The third-order valence-electron chi connectivity index (χ3n) is 2.24. The van der Waals surface area contributed by atoms with Crippen LogP contribution in [0.3, 0.4) is 0 Å². The minimum atomic E-state index is 0.0834. The third-order valence-corrected chi connectivity index (χ3v) is 2.24. The molecule has 78 valence electrons. The molecule has 2 rings (SSSR count). The molecule has 2 aromatic rings. The van der Waals surface area contributed by atoms with E-state index in [0.29, 0.717) is 0 Å². The van der Waals surface area contributed by atoms with E-state index in [1.165, 1.54) is 0 Å². The van der Waals surface area contributed by atoms with Crippen LogP contribution in [0.2, 0.25) is 0 Å². The molecule has 0 amide bonds. The van der Waals surface area contributed by atoms with E-state index in [2.05, 4.69) is 30.9 Å². The van der Waals surface area contributed by atoms with E-state index in [1.54, 1.807) is 10.9 Å². The summed E-state index contributed by atoms with van der Waals surface area (Å²) >= 11 is 0. The first-order valence-electron chi connectivity index (χ1n) is 5.05. The molecule has 0 saturated carbocycles. The van der Waals surface area contributed by atoms with E-state index < -0.39 is 0 Å². The topological polar surface area (TPSA) is 30.7 Å². The lowest BCUT2D eigenvalue weighted by atomic mass is 9.93. The average Bonchev–Trinajstić information content (AvgIpc) is 2.67. The molecule has 3 nitrogen and oxygen atoms in total. The minimum absolute atomic E-state index is 0.0834. The smallest absolute Gasteiger partial charge is 0.153 e. The van der Waals surface area contributed by atoms with Crippen molar-refractivity contribution in [3.8, 4) is 5.82 Å². The van der Waals surface area contributed by atoms with Crippen LogP contribution in [0.1, 0.15) is 26.5 Å². The molecule has 0 aromatic carbocycles. The summed E-state index contributed by atoms with van der Waals surface area (Å²) in [7, 11) is 0. The molecule has 0 fully saturated rings. The van der Waals surface area contributed by atoms with Crippen molar-refractivity contribution < 1.29 is 0 Å². The third kappa shape index (κ3) is 2.06. The lowest BCUT2D eigenvalue weighted by Crippen LogP contribution is -2.12. The van der Waals surface area contributed by atoms with E-state index in [4.69, 9.17) is 0 Å². The van der Waals surface area contributed by atoms with Crippen molar-refractivity contribution in [2.75, 3.05) is 0 Å². The van der Waals surface area contributed by atoms with Crippen molar-refractivity contribution in [3.05, 3.63) is 42.4 Å². The molecule has 0 radical (unpaired) electrons. The van der Waals surface area contributed by atoms with Crippen LogP contribution in [0.25, 0.3) is 5.82 Å². The monoisotopic (exact) mass is 201 g/mol. The molecule has 0 aliphatic carbocycles.